The van der Waals surface area contributed by atoms with Gasteiger partial charge in [-0.25, -0.2) is 4.39 Å². The van der Waals surface area contributed by atoms with Gasteiger partial charge in [-0.2, -0.15) is 26.3 Å². The second kappa shape index (κ2) is 6.70. The highest BCUT2D eigenvalue weighted by atomic mass is 19.4. The van der Waals surface area contributed by atoms with Gasteiger partial charge in [0.2, 0.25) is 0 Å². The van der Waals surface area contributed by atoms with Gasteiger partial charge in [0, 0.05) is 0 Å². The fraction of sp³-hybridized carbons (Fsp3) is 0.118. The van der Waals surface area contributed by atoms with Gasteiger partial charge in [0.05, 0.1) is 16.7 Å². The molecule has 1 nitrogen and oxygen atoms in total. The number of alkyl halides is 6. The molecule has 0 N–H and O–H groups in total. The fourth-order valence-corrected chi connectivity index (χ4v) is 2.01. The van der Waals surface area contributed by atoms with Crippen LogP contribution >= 0.6 is 0 Å². The van der Waals surface area contributed by atoms with E-state index in [0.29, 0.717) is 12.1 Å². The highest BCUT2D eigenvalue weighted by Crippen LogP contribution is 2.36. The van der Waals surface area contributed by atoms with E-state index in [0.717, 1.165) is 24.3 Å². The summed E-state index contributed by atoms with van der Waals surface area (Å²) in [5.74, 6) is -0.850. The first-order valence-corrected chi connectivity index (χ1v) is 6.73. The van der Waals surface area contributed by atoms with Crippen molar-refractivity contribution in [1.82, 2.24) is 0 Å². The number of rotatable bonds is 3. The van der Waals surface area contributed by atoms with Crippen LogP contribution in [0.4, 0.5) is 30.7 Å². The third-order valence-corrected chi connectivity index (χ3v) is 3.23. The normalized spacial score (nSPS) is 12.6. The van der Waals surface area contributed by atoms with E-state index in [2.05, 4.69) is 0 Å². The molecular formula is C17H9F7O. The third-order valence-electron chi connectivity index (χ3n) is 3.23. The van der Waals surface area contributed by atoms with Crippen molar-refractivity contribution in [3.63, 3.8) is 0 Å². The van der Waals surface area contributed by atoms with Gasteiger partial charge in [-0.05, 0) is 41.5 Å². The first-order valence-electron chi connectivity index (χ1n) is 6.73. The molecule has 2 rings (SSSR count). The third kappa shape index (κ3) is 4.68. The van der Waals surface area contributed by atoms with Crippen molar-refractivity contribution < 1.29 is 35.5 Å². The van der Waals surface area contributed by atoms with Gasteiger partial charge in [-0.15, -0.1) is 0 Å². The molecule has 2 aromatic rings. The first kappa shape index (κ1) is 18.7. The summed E-state index contributed by atoms with van der Waals surface area (Å²) in [5, 5.41) is 0. The Labute approximate surface area is 137 Å². The van der Waals surface area contributed by atoms with Crippen molar-refractivity contribution in [2.24, 2.45) is 0 Å². The van der Waals surface area contributed by atoms with E-state index < -0.39 is 29.3 Å². The van der Waals surface area contributed by atoms with Gasteiger partial charge in [-0.1, -0.05) is 18.2 Å². The Morgan fingerprint density at radius 2 is 1.24 bits per heavy atom. The van der Waals surface area contributed by atoms with Gasteiger partial charge in [0.25, 0.3) is 0 Å². The Morgan fingerprint density at radius 3 is 1.68 bits per heavy atom. The molecule has 0 aliphatic rings. The van der Waals surface area contributed by atoms with Gasteiger partial charge in [-0.3, -0.25) is 4.79 Å². The second-order valence-corrected chi connectivity index (χ2v) is 5.07. The summed E-state index contributed by atoms with van der Waals surface area (Å²) in [6, 6.07) is 4.54. The number of carbonyl (C=O) groups excluding carboxylic acids is 1. The molecular weight excluding hydrogens is 353 g/mol. The van der Waals surface area contributed by atoms with Crippen LogP contribution in [0, 0.1) is 5.82 Å². The molecule has 0 bridgehead atoms. The van der Waals surface area contributed by atoms with E-state index in [-0.39, 0.29) is 29.0 Å². The van der Waals surface area contributed by atoms with Gasteiger partial charge >= 0.3 is 12.4 Å². The smallest absolute Gasteiger partial charge is 0.298 e. The van der Waals surface area contributed by atoms with Crippen LogP contribution in [0.2, 0.25) is 0 Å². The molecule has 0 saturated heterocycles. The summed E-state index contributed by atoms with van der Waals surface area (Å²) >= 11 is 0. The summed E-state index contributed by atoms with van der Waals surface area (Å²) in [6.07, 6.45) is -7.46. The lowest BCUT2D eigenvalue weighted by molar-refractivity contribution is -0.143. The molecule has 0 aliphatic carbocycles. The van der Waals surface area contributed by atoms with Crippen molar-refractivity contribution >= 4 is 18.4 Å². The van der Waals surface area contributed by atoms with Crippen molar-refractivity contribution in [1.29, 1.82) is 0 Å². The van der Waals surface area contributed by atoms with Crippen LogP contribution in [-0.2, 0) is 12.4 Å². The number of carbonyl (C=O) groups is 1. The molecule has 0 heterocycles. The maximum absolute atomic E-state index is 13.5. The van der Waals surface area contributed by atoms with E-state index >= 15 is 0 Å². The predicted molar refractivity (Wildman–Crippen MR) is 77.2 cm³/mol. The lowest BCUT2D eigenvalue weighted by atomic mass is 10.0. The summed E-state index contributed by atoms with van der Waals surface area (Å²) in [4.78, 5) is 10.5. The Kier molecular flexibility index (Phi) is 5.01. The molecule has 0 atom stereocenters. The Hall–Kier alpha value is -2.64. The second-order valence-electron chi connectivity index (χ2n) is 5.07. The Bertz CT molecular complexity index is 784. The van der Waals surface area contributed by atoms with Crippen molar-refractivity contribution in [3.05, 3.63) is 70.0 Å². The zero-order valence-electron chi connectivity index (χ0n) is 12.3. The predicted octanol–water partition coefficient (Wildman–Crippen LogP) is 5.85. The number of hydrogen-bond donors (Lipinski definition) is 0. The minimum absolute atomic E-state index is 0.0237. The highest BCUT2D eigenvalue weighted by Gasteiger charge is 2.36. The van der Waals surface area contributed by atoms with Crippen molar-refractivity contribution in [2.45, 2.75) is 12.4 Å². The minimum Gasteiger partial charge on any atom is -0.298 e. The van der Waals surface area contributed by atoms with Crippen LogP contribution in [-0.4, -0.2) is 6.29 Å². The molecule has 0 amide bonds. The summed E-state index contributed by atoms with van der Waals surface area (Å²) in [5.41, 5.74) is -3.26. The van der Waals surface area contributed by atoms with Crippen molar-refractivity contribution in [2.75, 3.05) is 0 Å². The average Bonchev–Trinajstić information content (AvgIpc) is 2.51. The lowest BCUT2D eigenvalue weighted by Gasteiger charge is -2.12. The lowest BCUT2D eigenvalue weighted by Crippen LogP contribution is -2.11. The molecule has 0 radical (unpaired) electrons. The number of hydrogen-bond acceptors (Lipinski definition) is 1. The molecule has 0 aliphatic heterocycles. The molecule has 0 spiro atoms. The number of benzene rings is 2. The molecule has 132 valence electrons. The molecule has 25 heavy (non-hydrogen) atoms. The highest BCUT2D eigenvalue weighted by molar-refractivity contribution is 5.77. The molecule has 0 saturated carbocycles. The largest absolute Gasteiger partial charge is 0.416 e. The van der Waals surface area contributed by atoms with Crippen LogP contribution in [0.1, 0.15) is 32.6 Å². The fourth-order valence-electron chi connectivity index (χ4n) is 2.01. The van der Waals surface area contributed by atoms with Gasteiger partial charge in [0.15, 0.2) is 6.29 Å². The molecule has 0 fully saturated rings. The summed E-state index contributed by atoms with van der Waals surface area (Å²) in [6.45, 7) is 0. The zero-order chi connectivity index (χ0) is 18.8. The summed E-state index contributed by atoms with van der Waals surface area (Å²) < 4.78 is 90.0. The zero-order valence-corrected chi connectivity index (χ0v) is 12.3. The van der Waals surface area contributed by atoms with Crippen LogP contribution in [0.25, 0.3) is 12.2 Å². The van der Waals surface area contributed by atoms with E-state index in [1.165, 1.54) is 6.07 Å². The SMILES string of the molecule is O=Cc1ccc(/C=C/c2cc(C(F)(F)F)cc(C(F)(F)F)c2)cc1F. The molecule has 0 unspecified atom stereocenters. The maximum Gasteiger partial charge on any atom is 0.416 e. The van der Waals surface area contributed by atoms with Gasteiger partial charge in [0.1, 0.15) is 5.82 Å². The average molecular weight is 362 g/mol. The molecule has 8 heteroatoms. The minimum atomic E-state index is -4.94. The first-order chi connectivity index (χ1) is 11.5. The van der Waals surface area contributed by atoms with E-state index in [4.69, 9.17) is 0 Å². The van der Waals surface area contributed by atoms with Crippen molar-refractivity contribution in [3.8, 4) is 0 Å². The standard InChI is InChI=1S/C17H9F7O/c18-15-7-10(3-4-12(15)9-25)1-2-11-5-13(16(19,20)21)8-14(6-11)17(22,23)24/h1-9H/b2-1+. The number of aldehydes is 1. The van der Waals surface area contributed by atoms with Crippen LogP contribution in [0.3, 0.4) is 0 Å². The van der Waals surface area contributed by atoms with Crippen LogP contribution in [0.5, 0.6) is 0 Å². The van der Waals surface area contributed by atoms with E-state index in [1.54, 1.807) is 0 Å². The molecule has 2 aromatic carbocycles. The van der Waals surface area contributed by atoms with Crippen LogP contribution in [0.15, 0.2) is 36.4 Å². The molecule has 0 aromatic heterocycles. The van der Waals surface area contributed by atoms with Crippen LogP contribution < -0.4 is 0 Å². The topological polar surface area (TPSA) is 17.1 Å². The quantitative estimate of drug-likeness (QED) is 0.381. The van der Waals surface area contributed by atoms with E-state index in [9.17, 15) is 35.5 Å². The van der Waals surface area contributed by atoms with E-state index in [1.807, 2.05) is 0 Å². The Balaban J connectivity index is 2.44. The monoisotopic (exact) mass is 362 g/mol. The summed E-state index contributed by atoms with van der Waals surface area (Å²) in [7, 11) is 0. The Morgan fingerprint density at radius 1 is 0.720 bits per heavy atom. The maximum atomic E-state index is 13.5. The number of halogens is 7. The van der Waals surface area contributed by atoms with Gasteiger partial charge < -0.3 is 0 Å².